The van der Waals surface area contributed by atoms with Crippen LogP contribution in [-0.4, -0.2) is 39.5 Å². The first kappa shape index (κ1) is 12.7. The summed E-state index contributed by atoms with van der Waals surface area (Å²) in [6.45, 7) is 7.62. The molecule has 0 saturated carbocycles. The van der Waals surface area contributed by atoms with Crippen LogP contribution >= 0.6 is 11.6 Å². The van der Waals surface area contributed by atoms with E-state index in [4.69, 9.17) is 21.1 Å². The summed E-state index contributed by atoms with van der Waals surface area (Å²) in [4.78, 5) is 1.54. The molecule has 0 atom stereocenters. The second-order valence-corrected chi connectivity index (χ2v) is 4.80. The van der Waals surface area contributed by atoms with Gasteiger partial charge in [0, 0.05) is 0 Å². The minimum absolute atomic E-state index is 0.688. The number of morpholine rings is 1. The second kappa shape index (κ2) is 6.24. The molecule has 0 unspecified atom stereocenters. The Balaban J connectivity index is 1.79. The van der Waals surface area contributed by atoms with Gasteiger partial charge in [-0.1, -0.05) is 17.7 Å². The lowest BCUT2D eigenvalue weighted by atomic mass is 10.2. The Morgan fingerprint density at radius 1 is 1.35 bits per heavy atom. The molecule has 1 heterocycles. The molecule has 3 nitrogen and oxygen atoms in total. The standard InChI is InChI=1S/C13H18ClNO2/c1-11-2-3-12(14)13(10-11)17-9-6-15-4-7-16-8-5-15/h2-3,10H,4-9H2,1H3/p+1. The fourth-order valence-corrected chi connectivity index (χ4v) is 2.11. The Morgan fingerprint density at radius 2 is 2.12 bits per heavy atom. The van der Waals surface area contributed by atoms with E-state index in [1.165, 1.54) is 5.56 Å². The Kier molecular flexibility index (Phi) is 4.66. The maximum absolute atomic E-state index is 6.07. The summed E-state index contributed by atoms with van der Waals surface area (Å²) in [5.74, 6) is 0.791. The molecule has 2 rings (SSSR count). The molecule has 0 aliphatic carbocycles. The molecule has 1 saturated heterocycles. The zero-order valence-electron chi connectivity index (χ0n) is 10.2. The highest BCUT2D eigenvalue weighted by molar-refractivity contribution is 6.32. The summed E-state index contributed by atoms with van der Waals surface area (Å²) >= 11 is 6.07. The lowest BCUT2D eigenvalue weighted by molar-refractivity contribution is -0.908. The molecule has 0 aromatic heterocycles. The predicted molar refractivity (Wildman–Crippen MR) is 68.1 cm³/mol. The zero-order chi connectivity index (χ0) is 12.1. The maximum Gasteiger partial charge on any atom is 0.138 e. The van der Waals surface area contributed by atoms with Crippen LogP contribution in [0.25, 0.3) is 0 Å². The van der Waals surface area contributed by atoms with Crippen molar-refractivity contribution in [1.82, 2.24) is 0 Å². The molecule has 1 aliphatic rings. The van der Waals surface area contributed by atoms with Gasteiger partial charge in [0.15, 0.2) is 0 Å². The van der Waals surface area contributed by atoms with Crippen molar-refractivity contribution < 1.29 is 14.4 Å². The molecule has 94 valence electrons. The van der Waals surface area contributed by atoms with Gasteiger partial charge in [0.2, 0.25) is 0 Å². The third kappa shape index (κ3) is 3.87. The molecule has 17 heavy (non-hydrogen) atoms. The molecule has 0 amide bonds. The molecule has 0 radical (unpaired) electrons. The first-order chi connectivity index (χ1) is 8.25. The van der Waals surface area contributed by atoms with Gasteiger partial charge in [0.1, 0.15) is 32.0 Å². The van der Waals surface area contributed by atoms with E-state index < -0.39 is 0 Å². The summed E-state index contributed by atoms with van der Waals surface area (Å²) in [5.41, 5.74) is 1.17. The Morgan fingerprint density at radius 3 is 2.88 bits per heavy atom. The highest BCUT2D eigenvalue weighted by Gasteiger charge is 2.13. The van der Waals surface area contributed by atoms with Gasteiger partial charge in [-0.3, -0.25) is 0 Å². The Bertz CT molecular complexity index is 364. The fraction of sp³-hybridized carbons (Fsp3) is 0.538. The van der Waals surface area contributed by atoms with E-state index in [9.17, 15) is 0 Å². The van der Waals surface area contributed by atoms with Crippen LogP contribution in [0, 0.1) is 6.92 Å². The van der Waals surface area contributed by atoms with Crippen molar-refractivity contribution in [2.45, 2.75) is 6.92 Å². The van der Waals surface area contributed by atoms with Crippen molar-refractivity contribution in [1.29, 1.82) is 0 Å². The number of halogens is 1. The summed E-state index contributed by atoms with van der Waals surface area (Å²) in [5, 5.41) is 0.688. The second-order valence-electron chi connectivity index (χ2n) is 4.39. The number of ether oxygens (including phenoxy) is 2. The van der Waals surface area contributed by atoms with Gasteiger partial charge in [-0.05, 0) is 24.6 Å². The van der Waals surface area contributed by atoms with E-state index in [0.717, 1.165) is 38.6 Å². The highest BCUT2D eigenvalue weighted by Crippen LogP contribution is 2.24. The number of benzene rings is 1. The van der Waals surface area contributed by atoms with Crippen molar-refractivity contribution in [2.24, 2.45) is 0 Å². The van der Waals surface area contributed by atoms with Crippen LogP contribution in [0.2, 0.25) is 5.02 Å². The SMILES string of the molecule is Cc1ccc(Cl)c(OCC[NH+]2CCOCC2)c1. The quantitative estimate of drug-likeness (QED) is 0.867. The lowest BCUT2D eigenvalue weighted by Crippen LogP contribution is -3.14. The lowest BCUT2D eigenvalue weighted by Gasteiger charge is -2.23. The average Bonchev–Trinajstić information content (AvgIpc) is 2.35. The molecule has 1 aliphatic heterocycles. The Hall–Kier alpha value is -0.770. The summed E-state index contributed by atoms with van der Waals surface area (Å²) in [6.07, 6.45) is 0. The van der Waals surface area contributed by atoms with Crippen molar-refractivity contribution >= 4 is 11.6 Å². The van der Waals surface area contributed by atoms with Crippen LogP contribution in [0.4, 0.5) is 0 Å². The van der Waals surface area contributed by atoms with E-state index in [1.54, 1.807) is 4.90 Å². The van der Waals surface area contributed by atoms with Crippen LogP contribution in [0.3, 0.4) is 0 Å². The number of quaternary nitrogens is 1. The molecule has 0 spiro atoms. The van der Waals surface area contributed by atoms with Crippen LogP contribution in [0.1, 0.15) is 5.56 Å². The highest BCUT2D eigenvalue weighted by atomic mass is 35.5. The normalized spacial score (nSPS) is 17.1. The molecular formula is C13H19ClNO2+. The number of nitrogens with one attached hydrogen (secondary N) is 1. The van der Waals surface area contributed by atoms with Crippen molar-refractivity contribution in [3.05, 3.63) is 28.8 Å². The predicted octanol–water partition coefficient (Wildman–Crippen LogP) is 0.942. The number of hydrogen-bond acceptors (Lipinski definition) is 2. The number of aryl methyl sites for hydroxylation is 1. The molecule has 1 aromatic carbocycles. The minimum Gasteiger partial charge on any atom is -0.486 e. The summed E-state index contributed by atoms with van der Waals surface area (Å²) in [6, 6.07) is 5.85. The van der Waals surface area contributed by atoms with Crippen LogP contribution in [0.15, 0.2) is 18.2 Å². The molecule has 1 fully saturated rings. The third-order valence-electron chi connectivity index (χ3n) is 3.00. The first-order valence-corrected chi connectivity index (χ1v) is 6.44. The fourth-order valence-electron chi connectivity index (χ4n) is 1.94. The van der Waals surface area contributed by atoms with Gasteiger partial charge >= 0.3 is 0 Å². The third-order valence-corrected chi connectivity index (χ3v) is 3.31. The number of rotatable bonds is 4. The summed E-state index contributed by atoms with van der Waals surface area (Å²) in [7, 11) is 0. The monoisotopic (exact) mass is 256 g/mol. The van der Waals surface area contributed by atoms with E-state index in [2.05, 4.69) is 0 Å². The largest absolute Gasteiger partial charge is 0.486 e. The van der Waals surface area contributed by atoms with Crippen molar-refractivity contribution in [2.75, 3.05) is 39.5 Å². The molecule has 1 aromatic rings. The van der Waals surface area contributed by atoms with Gasteiger partial charge in [-0.2, -0.15) is 0 Å². The van der Waals surface area contributed by atoms with E-state index in [-0.39, 0.29) is 0 Å². The average molecular weight is 257 g/mol. The van der Waals surface area contributed by atoms with Crippen LogP contribution in [0.5, 0.6) is 5.75 Å². The van der Waals surface area contributed by atoms with Gasteiger partial charge in [0.25, 0.3) is 0 Å². The van der Waals surface area contributed by atoms with Crippen molar-refractivity contribution in [3.63, 3.8) is 0 Å². The van der Waals surface area contributed by atoms with Crippen LogP contribution in [-0.2, 0) is 4.74 Å². The Labute approximate surface area is 107 Å². The minimum atomic E-state index is 0.688. The van der Waals surface area contributed by atoms with E-state index in [0.29, 0.717) is 11.6 Å². The van der Waals surface area contributed by atoms with Gasteiger partial charge in [0.05, 0.1) is 18.2 Å². The topological polar surface area (TPSA) is 22.9 Å². The van der Waals surface area contributed by atoms with Gasteiger partial charge in [-0.25, -0.2) is 0 Å². The van der Waals surface area contributed by atoms with Crippen molar-refractivity contribution in [3.8, 4) is 5.75 Å². The van der Waals surface area contributed by atoms with E-state index >= 15 is 0 Å². The van der Waals surface area contributed by atoms with E-state index in [1.807, 2.05) is 25.1 Å². The van der Waals surface area contributed by atoms with Gasteiger partial charge in [-0.15, -0.1) is 0 Å². The zero-order valence-corrected chi connectivity index (χ0v) is 10.9. The molecule has 0 bridgehead atoms. The molecular weight excluding hydrogens is 238 g/mol. The molecule has 4 heteroatoms. The summed E-state index contributed by atoms with van der Waals surface area (Å²) < 4.78 is 11.0. The van der Waals surface area contributed by atoms with Crippen LogP contribution < -0.4 is 9.64 Å². The van der Waals surface area contributed by atoms with Gasteiger partial charge < -0.3 is 14.4 Å². The maximum atomic E-state index is 6.07. The number of hydrogen-bond donors (Lipinski definition) is 1. The molecule has 1 N–H and O–H groups in total. The first-order valence-electron chi connectivity index (χ1n) is 6.06. The smallest absolute Gasteiger partial charge is 0.138 e.